The molecule has 1 heterocycles. The highest BCUT2D eigenvalue weighted by Crippen LogP contribution is 2.17. The van der Waals surface area contributed by atoms with E-state index in [1.807, 2.05) is 18.7 Å². The molecule has 1 fully saturated rings. The van der Waals surface area contributed by atoms with E-state index in [1.54, 1.807) is 0 Å². The third-order valence-electron chi connectivity index (χ3n) is 3.09. The first-order valence-corrected chi connectivity index (χ1v) is 8.49. The van der Waals surface area contributed by atoms with E-state index in [0.717, 1.165) is 0 Å². The van der Waals surface area contributed by atoms with Crippen molar-refractivity contribution in [2.75, 3.05) is 31.2 Å². The molecule has 0 radical (unpaired) electrons. The fourth-order valence-corrected chi connectivity index (χ4v) is 4.57. The number of hydrogen-bond acceptors (Lipinski definition) is 5. The molecule has 2 atom stereocenters. The van der Waals surface area contributed by atoms with E-state index in [4.69, 9.17) is 16.7 Å². The predicted octanol–water partition coefficient (Wildman–Crippen LogP) is -0.790. The zero-order chi connectivity index (χ0) is 14.6. The molecule has 0 aromatic rings. The largest absolute Gasteiger partial charge is 0.395 e. The smallest absolute Gasteiger partial charge is 0.234 e. The van der Waals surface area contributed by atoms with Crippen molar-refractivity contribution in [3.05, 3.63) is 0 Å². The normalized spacial score (nSPS) is 26.0. The van der Waals surface area contributed by atoms with Gasteiger partial charge in [0, 0.05) is 12.6 Å². The minimum atomic E-state index is -3.15. The fourth-order valence-electron chi connectivity index (χ4n) is 2.02. The SMILES string of the molecule is CC(C)N(CCO)CC(=O)NC1CS(=O)(=O)CC1Cl. The lowest BCUT2D eigenvalue weighted by Crippen LogP contribution is -2.47. The summed E-state index contributed by atoms with van der Waals surface area (Å²) in [4.78, 5) is 13.7. The first kappa shape index (κ1) is 16.7. The molecule has 2 unspecified atom stereocenters. The summed E-state index contributed by atoms with van der Waals surface area (Å²) in [6.45, 7) is 4.35. The van der Waals surface area contributed by atoms with Gasteiger partial charge in [0.1, 0.15) is 0 Å². The van der Waals surface area contributed by atoms with Crippen LogP contribution in [-0.4, -0.2) is 73.0 Å². The predicted molar refractivity (Wildman–Crippen MR) is 74.0 cm³/mol. The van der Waals surface area contributed by atoms with E-state index in [2.05, 4.69) is 5.32 Å². The first-order chi connectivity index (χ1) is 8.75. The van der Waals surface area contributed by atoms with Crippen LogP contribution < -0.4 is 5.32 Å². The Morgan fingerprint density at radius 3 is 2.53 bits per heavy atom. The Labute approximate surface area is 119 Å². The Morgan fingerprint density at radius 1 is 1.47 bits per heavy atom. The molecule has 0 aromatic carbocycles. The number of halogens is 1. The lowest BCUT2D eigenvalue weighted by Gasteiger charge is -2.25. The van der Waals surface area contributed by atoms with Gasteiger partial charge in [0.05, 0.1) is 36.1 Å². The molecule has 8 heteroatoms. The Hall–Kier alpha value is -0.370. The van der Waals surface area contributed by atoms with Gasteiger partial charge in [-0.05, 0) is 13.8 Å². The summed E-state index contributed by atoms with van der Waals surface area (Å²) in [5, 5.41) is 11.0. The Bertz CT molecular complexity index is 413. The van der Waals surface area contributed by atoms with Crippen molar-refractivity contribution in [1.82, 2.24) is 10.2 Å². The molecule has 0 aliphatic carbocycles. The average Bonchev–Trinajstić information content (AvgIpc) is 2.50. The Kier molecular flexibility index (Phi) is 6.04. The van der Waals surface area contributed by atoms with Crippen LogP contribution in [0.3, 0.4) is 0 Å². The summed E-state index contributed by atoms with van der Waals surface area (Å²) < 4.78 is 22.8. The van der Waals surface area contributed by atoms with Crippen molar-refractivity contribution in [1.29, 1.82) is 0 Å². The van der Waals surface area contributed by atoms with Gasteiger partial charge in [-0.1, -0.05) is 0 Å². The van der Waals surface area contributed by atoms with Crippen molar-refractivity contribution >= 4 is 27.3 Å². The number of sulfone groups is 1. The quantitative estimate of drug-likeness (QED) is 0.628. The van der Waals surface area contributed by atoms with Crippen LogP contribution in [0.25, 0.3) is 0 Å². The van der Waals surface area contributed by atoms with Gasteiger partial charge in [0.2, 0.25) is 5.91 Å². The molecule has 0 spiro atoms. The van der Waals surface area contributed by atoms with Crippen LogP contribution in [0.4, 0.5) is 0 Å². The van der Waals surface area contributed by atoms with Gasteiger partial charge < -0.3 is 10.4 Å². The van der Waals surface area contributed by atoms with Crippen LogP contribution in [0.5, 0.6) is 0 Å². The number of aliphatic hydroxyl groups excluding tert-OH is 1. The molecule has 1 aliphatic rings. The number of hydrogen-bond donors (Lipinski definition) is 2. The van der Waals surface area contributed by atoms with Crippen LogP contribution >= 0.6 is 11.6 Å². The van der Waals surface area contributed by atoms with Gasteiger partial charge in [-0.25, -0.2) is 8.42 Å². The van der Waals surface area contributed by atoms with E-state index in [0.29, 0.717) is 6.54 Å². The molecule has 19 heavy (non-hydrogen) atoms. The van der Waals surface area contributed by atoms with Gasteiger partial charge in [0.25, 0.3) is 0 Å². The van der Waals surface area contributed by atoms with Crippen LogP contribution in [0.15, 0.2) is 0 Å². The number of rotatable bonds is 6. The summed E-state index contributed by atoms with van der Waals surface area (Å²) in [7, 11) is -3.15. The monoisotopic (exact) mass is 312 g/mol. The third-order valence-corrected chi connectivity index (χ3v) is 5.47. The number of carbonyl (C=O) groups excluding carboxylic acids is 1. The van der Waals surface area contributed by atoms with Crippen molar-refractivity contribution < 1.29 is 18.3 Å². The van der Waals surface area contributed by atoms with Crippen molar-refractivity contribution in [2.45, 2.75) is 31.3 Å². The maximum Gasteiger partial charge on any atom is 0.234 e. The Morgan fingerprint density at radius 2 is 2.11 bits per heavy atom. The zero-order valence-electron chi connectivity index (χ0n) is 11.2. The summed E-state index contributed by atoms with van der Waals surface area (Å²) in [5.74, 6) is -0.464. The number of aliphatic hydroxyl groups is 1. The van der Waals surface area contributed by atoms with E-state index in [-0.39, 0.29) is 36.6 Å². The fraction of sp³-hybridized carbons (Fsp3) is 0.909. The number of alkyl halides is 1. The van der Waals surface area contributed by atoms with Gasteiger partial charge in [-0.3, -0.25) is 9.69 Å². The van der Waals surface area contributed by atoms with Gasteiger partial charge in [-0.15, -0.1) is 11.6 Å². The minimum Gasteiger partial charge on any atom is -0.395 e. The minimum absolute atomic E-state index is 0.0264. The highest BCUT2D eigenvalue weighted by Gasteiger charge is 2.37. The van der Waals surface area contributed by atoms with Crippen LogP contribution in [0.1, 0.15) is 13.8 Å². The van der Waals surface area contributed by atoms with Gasteiger partial charge >= 0.3 is 0 Å². The van der Waals surface area contributed by atoms with E-state index in [9.17, 15) is 13.2 Å². The third kappa shape index (κ3) is 5.25. The molecule has 1 rings (SSSR count). The standard InChI is InChI=1S/C11H21ClN2O4S/c1-8(2)14(3-4-15)5-11(16)13-10-7-19(17,18)6-9(10)12/h8-10,15H,3-7H2,1-2H3,(H,13,16). The number of amides is 1. The first-order valence-electron chi connectivity index (χ1n) is 6.24. The van der Waals surface area contributed by atoms with Crippen LogP contribution in [0, 0.1) is 0 Å². The van der Waals surface area contributed by atoms with Crippen LogP contribution in [0.2, 0.25) is 0 Å². The average molecular weight is 313 g/mol. The summed E-state index contributed by atoms with van der Waals surface area (Å²) >= 11 is 5.92. The maximum atomic E-state index is 11.9. The highest BCUT2D eigenvalue weighted by atomic mass is 35.5. The Balaban J connectivity index is 2.51. The molecule has 2 N–H and O–H groups in total. The molecule has 112 valence electrons. The lowest BCUT2D eigenvalue weighted by atomic mass is 10.2. The summed E-state index contributed by atoms with van der Waals surface area (Å²) in [5.41, 5.74) is 0. The van der Waals surface area contributed by atoms with E-state index < -0.39 is 21.3 Å². The molecular formula is C11H21ClN2O4S. The molecule has 0 bridgehead atoms. The van der Waals surface area contributed by atoms with Gasteiger partial charge in [0.15, 0.2) is 9.84 Å². The molecule has 1 saturated heterocycles. The molecule has 6 nitrogen and oxygen atoms in total. The van der Waals surface area contributed by atoms with Crippen molar-refractivity contribution in [2.24, 2.45) is 0 Å². The molecular weight excluding hydrogens is 292 g/mol. The number of nitrogens with one attached hydrogen (secondary N) is 1. The summed E-state index contributed by atoms with van der Waals surface area (Å²) in [6, 6.07) is -0.403. The van der Waals surface area contributed by atoms with Crippen LogP contribution in [-0.2, 0) is 14.6 Å². The molecule has 1 aliphatic heterocycles. The number of nitrogens with zero attached hydrogens (tertiary/aromatic N) is 1. The second-order valence-electron chi connectivity index (χ2n) is 5.05. The van der Waals surface area contributed by atoms with Gasteiger partial charge in [-0.2, -0.15) is 0 Å². The second kappa shape index (κ2) is 6.88. The topological polar surface area (TPSA) is 86.7 Å². The molecule has 0 saturated carbocycles. The second-order valence-corrected chi connectivity index (χ2v) is 7.77. The highest BCUT2D eigenvalue weighted by molar-refractivity contribution is 7.91. The zero-order valence-corrected chi connectivity index (χ0v) is 12.7. The molecule has 0 aromatic heterocycles. The van der Waals surface area contributed by atoms with E-state index in [1.165, 1.54) is 0 Å². The summed E-state index contributed by atoms with van der Waals surface area (Å²) in [6.07, 6.45) is 0. The maximum absolute atomic E-state index is 11.9. The molecule has 1 amide bonds. The van der Waals surface area contributed by atoms with Crippen molar-refractivity contribution in [3.8, 4) is 0 Å². The number of carbonyl (C=O) groups is 1. The van der Waals surface area contributed by atoms with Crippen molar-refractivity contribution in [3.63, 3.8) is 0 Å². The lowest BCUT2D eigenvalue weighted by molar-refractivity contribution is -0.123. The van der Waals surface area contributed by atoms with E-state index >= 15 is 0 Å².